The quantitative estimate of drug-likeness (QED) is 0.396. The predicted octanol–water partition coefficient (Wildman–Crippen LogP) is 2.93. The number of hydrogen-bond acceptors (Lipinski definition) is 4. The van der Waals surface area contributed by atoms with Crippen LogP contribution in [0.1, 0.15) is 6.92 Å². The number of carbonyl (C=O) groups excluding carboxylic acids is 4. The van der Waals surface area contributed by atoms with Crippen LogP contribution in [-0.4, -0.2) is 73.8 Å². The van der Waals surface area contributed by atoms with Gasteiger partial charge in [0.15, 0.2) is 0 Å². The molecule has 1 aliphatic rings. The van der Waals surface area contributed by atoms with Gasteiger partial charge in [0.25, 0.3) is 5.91 Å². The van der Waals surface area contributed by atoms with E-state index in [2.05, 4.69) is 0 Å². The summed E-state index contributed by atoms with van der Waals surface area (Å²) in [7, 11) is 0. The molecule has 0 bridgehead atoms. The highest BCUT2D eigenvalue weighted by molar-refractivity contribution is 6.10. The molecular formula is C20H17F11N4O4. The third-order valence-corrected chi connectivity index (χ3v) is 5.22. The van der Waals surface area contributed by atoms with Gasteiger partial charge in [-0.25, -0.2) is 0 Å². The number of benzene rings is 1. The average molecular weight is 586 g/mol. The minimum atomic E-state index is -6.07. The average Bonchev–Trinajstić information content (AvgIpc) is 2.90. The van der Waals surface area contributed by atoms with E-state index in [9.17, 15) is 67.5 Å². The van der Waals surface area contributed by atoms with Gasteiger partial charge < -0.3 is 10.6 Å². The Morgan fingerprint density at radius 3 is 1.95 bits per heavy atom. The fraction of sp³-hybridized carbons (Fsp3) is 0.500. The number of halogens is 11. The molecular weight excluding hydrogens is 569 g/mol. The molecule has 1 aromatic rings. The Morgan fingerprint density at radius 1 is 0.923 bits per heavy atom. The van der Waals surface area contributed by atoms with Crippen molar-refractivity contribution < 1.29 is 67.5 Å². The summed E-state index contributed by atoms with van der Waals surface area (Å²) in [4.78, 5) is 49.3. The second-order valence-corrected chi connectivity index (χ2v) is 8.14. The minimum absolute atomic E-state index is 0.0570. The van der Waals surface area contributed by atoms with Gasteiger partial charge in [0.2, 0.25) is 11.8 Å². The third-order valence-electron chi connectivity index (χ3n) is 5.22. The van der Waals surface area contributed by atoms with Crippen LogP contribution in [0, 0.1) is 5.92 Å². The molecule has 2 atom stereocenters. The number of nitrogens with zero attached hydrogens (tertiary/aromatic N) is 2. The molecule has 0 radical (unpaired) electrons. The molecule has 4 amide bonds. The monoisotopic (exact) mass is 586 g/mol. The Bertz CT molecular complexity index is 1100. The van der Waals surface area contributed by atoms with Crippen LogP contribution in [0.3, 0.4) is 0 Å². The van der Waals surface area contributed by atoms with Crippen molar-refractivity contribution in [1.82, 2.24) is 10.6 Å². The highest BCUT2D eigenvalue weighted by Crippen LogP contribution is 2.37. The maximum atomic E-state index is 13.3. The lowest BCUT2D eigenvalue weighted by atomic mass is 10.1. The fourth-order valence-corrected chi connectivity index (χ4v) is 3.25. The van der Waals surface area contributed by atoms with Crippen LogP contribution in [0.4, 0.5) is 59.7 Å². The standard InChI is InChI=1S/C20H17F11N4O4/c1-9(13(36)32-7-17(21,22)20(29,30)31)14(37)33-10-6-34(16(39)19(26,27)28)11-4-2-3-5-12(11)35(15(10)38)8-18(23,24)25/h2-5,9-10H,6-8H2,1H3,(H,32,36)(H,33,37)/t9?,10-/m0/s1. The highest BCUT2D eigenvalue weighted by Gasteiger charge is 2.57. The van der Waals surface area contributed by atoms with Gasteiger partial charge in [-0.15, -0.1) is 0 Å². The van der Waals surface area contributed by atoms with Crippen LogP contribution < -0.4 is 20.4 Å². The molecule has 0 fully saturated rings. The Kier molecular flexibility index (Phi) is 8.76. The molecule has 0 spiro atoms. The van der Waals surface area contributed by atoms with Crippen LogP contribution >= 0.6 is 0 Å². The van der Waals surface area contributed by atoms with Gasteiger partial charge in [0.1, 0.15) is 18.5 Å². The van der Waals surface area contributed by atoms with E-state index in [-0.39, 0.29) is 9.80 Å². The second kappa shape index (κ2) is 10.8. The van der Waals surface area contributed by atoms with Crippen molar-refractivity contribution >= 4 is 35.0 Å². The lowest BCUT2D eigenvalue weighted by Gasteiger charge is -2.27. The maximum Gasteiger partial charge on any atom is 0.471 e. The van der Waals surface area contributed by atoms with Crippen molar-refractivity contribution in [2.75, 3.05) is 29.4 Å². The van der Waals surface area contributed by atoms with Crippen molar-refractivity contribution in [2.45, 2.75) is 37.4 Å². The molecule has 1 aliphatic heterocycles. The van der Waals surface area contributed by atoms with Gasteiger partial charge in [-0.3, -0.25) is 29.0 Å². The first-order valence-electron chi connectivity index (χ1n) is 10.5. The first kappa shape index (κ1) is 31.5. The molecule has 0 saturated heterocycles. The Balaban J connectivity index is 2.39. The number of amides is 4. The second-order valence-electron chi connectivity index (χ2n) is 8.14. The summed E-state index contributed by atoms with van der Waals surface area (Å²) in [6.07, 6.45) is -16.8. The number of hydrogen-bond donors (Lipinski definition) is 2. The number of carbonyl (C=O) groups is 4. The van der Waals surface area contributed by atoms with Gasteiger partial charge in [0.05, 0.1) is 24.5 Å². The summed E-state index contributed by atoms with van der Waals surface area (Å²) in [6, 6.07) is 1.36. The van der Waals surface area contributed by atoms with E-state index in [1.165, 1.54) is 0 Å². The molecule has 2 N–H and O–H groups in total. The minimum Gasteiger partial charge on any atom is -0.349 e. The van der Waals surface area contributed by atoms with E-state index >= 15 is 0 Å². The number of fused-ring (bicyclic) bond motifs is 1. The van der Waals surface area contributed by atoms with E-state index in [0.717, 1.165) is 29.6 Å². The Labute approximate surface area is 211 Å². The van der Waals surface area contributed by atoms with E-state index in [1.54, 1.807) is 5.32 Å². The SMILES string of the molecule is CC(C(=O)NCC(F)(F)C(F)(F)F)C(=O)N[C@H]1CN(C(=O)C(F)(F)F)c2ccccc2N(CC(F)(F)F)C1=O. The van der Waals surface area contributed by atoms with Crippen molar-refractivity contribution in [2.24, 2.45) is 5.92 Å². The zero-order chi connectivity index (χ0) is 30.1. The molecule has 19 heteroatoms. The normalized spacial score (nSPS) is 17.7. The first-order chi connectivity index (χ1) is 17.6. The van der Waals surface area contributed by atoms with E-state index in [0.29, 0.717) is 6.92 Å². The predicted molar refractivity (Wildman–Crippen MR) is 108 cm³/mol. The van der Waals surface area contributed by atoms with E-state index in [4.69, 9.17) is 0 Å². The maximum absolute atomic E-state index is 13.3. The Morgan fingerprint density at radius 2 is 1.46 bits per heavy atom. The number of rotatable bonds is 6. The highest BCUT2D eigenvalue weighted by atomic mass is 19.4. The molecule has 39 heavy (non-hydrogen) atoms. The summed E-state index contributed by atoms with van der Waals surface area (Å²) in [5, 5.41) is 2.82. The van der Waals surface area contributed by atoms with Crippen LogP contribution in [0.15, 0.2) is 24.3 Å². The molecule has 0 saturated carbocycles. The summed E-state index contributed by atoms with van der Waals surface area (Å²) in [5.74, 6) is -15.2. The summed E-state index contributed by atoms with van der Waals surface area (Å²) < 4.78 is 142. The zero-order valence-electron chi connectivity index (χ0n) is 19.3. The van der Waals surface area contributed by atoms with Crippen LogP contribution in [0.2, 0.25) is 0 Å². The fourth-order valence-electron chi connectivity index (χ4n) is 3.25. The van der Waals surface area contributed by atoms with E-state index in [1.807, 2.05) is 0 Å². The van der Waals surface area contributed by atoms with Crippen LogP contribution in [0.25, 0.3) is 0 Å². The largest absolute Gasteiger partial charge is 0.471 e. The smallest absolute Gasteiger partial charge is 0.349 e. The lowest BCUT2D eigenvalue weighted by molar-refractivity contribution is -0.278. The molecule has 1 heterocycles. The molecule has 8 nitrogen and oxygen atoms in total. The molecule has 218 valence electrons. The van der Waals surface area contributed by atoms with Gasteiger partial charge in [0, 0.05) is 0 Å². The van der Waals surface area contributed by atoms with Crippen LogP contribution in [0.5, 0.6) is 0 Å². The van der Waals surface area contributed by atoms with Crippen molar-refractivity contribution in [3.8, 4) is 0 Å². The molecule has 0 aromatic heterocycles. The number of para-hydroxylation sites is 2. The molecule has 1 unspecified atom stereocenters. The van der Waals surface area contributed by atoms with Crippen molar-refractivity contribution in [1.29, 1.82) is 0 Å². The summed E-state index contributed by atoms with van der Waals surface area (Å²) >= 11 is 0. The molecule has 0 aliphatic carbocycles. The summed E-state index contributed by atoms with van der Waals surface area (Å²) in [5.41, 5.74) is -1.57. The summed E-state index contributed by atoms with van der Waals surface area (Å²) in [6.45, 7) is -5.10. The lowest BCUT2D eigenvalue weighted by Crippen LogP contribution is -2.57. The van der Waals surface area contributed by atoms with Gasteiger partial charge in [-0.05, 0) is 19.1 Å². The molecule has 1 aromatic carbocycles. The van der Waals surface area contributed by atoms with Gasteiger partial charge >= 0.3 is 30.4 Å². The van der Waals surface area contributed by atoms with Crippen molar-refractivity contribution in [3.05, 3.63) is 24.3 Å². The van der Waals surface area contributed by atoms with Gasteiger partial charge in [-0.1, -0.05) is 12.1 Å². The van der Waals surface area contributed by atoms with Crippen molar-refractivity contribution in [3.63, 3.8) is 0 Å². The topological polar surface area (TPSA) is 98.8 Å². The Hall–Kier alpha value is -3.67. The first-order valence-corrected chi connectivity index (χ1v) is 10.5. The zero-order valence-corrected chi connectivity index (χ0v) is 19.3. The van der Waals surface area contributed by atoms with E-state index < -0.39 is 91.0 Å². The number of anilines is 2. The number of nitrogens with one attached hydrogen (secondary N) is 2. The third kappa shape index (κ3) is 7.47. The molecule has 2 rings (SSSR count). The van der Waals surface area contributed by atoms with Crippen LogP contribution in [-0.2, 0) is 19.2 Å². The van der Waals surface area contributed by atoms with Gasteiger partial charge in [-0.2, -0.15) is 48.3 Å². The number of alkyl halides is 11.